The molecule has 2 aliphatic rings. The number of carbonyl (C=O) groups excluding carboxylic acids is 2. The first-order chi connectivity index (χ1) is 13.2. The maximum absolute atomic E-state index is 11.4. The predicted octanol–water partition coefficient (Wildman–Crippen LogP) is 4.79. The number of fused-ring (bicyclic) bond motifs is 2. The predicted molar refractivity (Wildman–Crippen MR) is 105 cm³/mol. The largest absolute Gasteiger partial charge is 0.458 e. The molecule has 0 saturated heterocycles. The highest BCUT2D eigenvalue weighted by atomic mass is 35.5. The summed E-state index contributed by atoms with van der Waals surface area (Å²) in [4.78, 5) is 31.2. The van der Waals surface area contributed by atoms with Crippen LogP contribution in [-0.2, 0) is 9.47 Å². The topological polar surface area (TPSA) is 78.4 Å². The maximum atomic E-state index is 11.4. The number of hydrogen-bond donors (Lipinski definition) is 0. The van der Waals surface area contributed by atoms with Crippen molar-refractivity contribution >= 4 is 35.1 Å². The molecule has 4 heterocycles. The number of esters is 2. The summed E-state index contributed by atoms with van der Waals surface area (Å²) in [6.45, 7) is 7.65. The van der Waals surface area contributed by atoms with Gasteiger partial charge in [0.1, 0.15) is 22.5 Å². The molecular weight excluding hydrogens is 403 g/mol. The summed E-state index contributed by atoms with van der Waals surface area (Å²) in [5.74, 6) is -0.424. The first kappa shape index (κ1) is 20.6. The van der Waals surface area contributed by atoms with Crippen LogP contribution in [0.2, 0.25) is 10.3 Å². The van der Waals surface area contributed by atoms with Crippen LogP contribution in [0.3, 0.4) is 0 Å². The van der Waals surface area contributed by atoms with E-state index in [1.165, 1.54) is 0 Å². The minimum atomic E-state index is -0.310. The SMILES string of the molecule is CC1OC(=O)c2ccc(Cl)nc2C1C.C[C@@H]1OC(=O)c2ccc(Cl)nc2[C@@H]1C. The van der Waals surface area contributed by atoms with Crippen molar-refractivity contribution in [3.8, 4) is 0 Å². The summed E-state index contributed by atoms with van der Waals surface area (Å²) in [6.07, 6.45) is -0.276. The van der Waals surface area contributed by atoms with E-state index in [-0.39, 0.29) is 36.0 Å². The van der Waals surface area contributed by atoms with Gasteiger partial charge in [0.25, 0.3) is 0 Å². The number of ether oxygens (including phenoxy) is 2. The molecule has 2 aromatic rings. The molecule has 8 heteroatoms. The highest BCUT2D eigenvalue weighted by Gasteiger charge is 2.32. The van der Waals surface area contributed by atoms with Crippen LogP contribution in [0.5, 0.6) is 0 Å². The van der Waals surface area contributed by atoms with Gasteiger partial charge in [0.05, 0.1) is 22.5 Å². The zero-order chi connectivity index (χ0) is 20.6. The zero-order valence-corrected chi connectivity index (χ0v) is 17.4. The number of carbonyl (C=O) groups is 2. The van der Waals surface area contributed by atoms with Crippen molar-refractivity contribution in [2.45, 2.75) is 51.7 Å². The Morgan fingerprint density at radius 1 is 0.714 bits per heavy atom. The van der Waals surface area contributed by atoms with Gasteiger partial charge in [0, 0.05) is 11.8 Å². The molecule has 0 saturated carbocycles. The second kappa shape index (κ2) is 8.05. The molecule has 4 rings (SSSR count). The second-order valence-corrected chi connectivity index (χ2v) is 7.71. The number of aromatic nitrogens is 2. The molecule has 148 valence electrons. The highest BCUT2D eigenvalue weighted by Crippen LogP contribution is 2.31. The average Bonchev–Trinajstić information content (AvgIpc) is 2.64. The van der Waals surface area contributed by atoms with Gasteiger partial charge in [-0.3, -0.25) is 0 Å². The van der Waals surface area contributed by atoms with Crippen LogP contribution in [-0.4, -0.2) is 34.1 Å². The van der Waals surface area contributed by atoms with Crippen LogP contribution in [0.4, 0.5) is 0 Å². The van der Waals surface area contributed by atoms with E-state index in [1.54, 1.807) is 24.3 Å². The van der Waals surface area contributed by atoms with Crippen molar-refractivity contribution in [3.05, 3.63) is 57.1 Å². The minimum absolute atomic E-state index is 0.0985. The van der Waals surface area contributed by atoms with Gasteiger partial charge in [-0.05, 0) is 38.1 Å². The van der Waals surface area contributed by atoms with Crippen LogP contribution < -0.4 is 0 Å². The van der Waals surface area contributed by atoms with Crippen molar-refractivity contribution in [1.82, 2.24) is 9.97 Å². The molecule has 0 spiro atoms. The number of hydrogen-bond acceptors (Lipinski definition) is 6. The second-order valence-electron chi connectivity index (χ2n) is 6.93. The fourth-order valence-electron chi connectivity index (χ4n) is 3.05. The number of cyclic esters (lactones) is 2. The summed E-state index contributed by atoms with van der Waals surface area (Å²) in [6, 6.07) is 6.53. The standard InChI is InChI=1S/2C10H10ClNO2/c2*1-5-6(2)14-10(13)7-3-4-8(11)12-9(5)7/h2*3-6H,1-2H3/t5-,6+;/m1./s1. The Morgan fingerprint density at radius 3 is 1.43 bits per heavy atom. The van der Waals surface area contributed by atoms with Crippen molar-refractivity contribution in [2.75, 3.05) is 0 Å². The third-order valence-electron chi connectivity index (χ3n) is 5.08. The molecule has 0 radical (unpaired) electrons. The summed E-state index contributed by atoms with van der Waals surface area (Å²) in [7, 11) is 0. The molecule has 2 aromatic heterocycles. The van der Waals surface area contributed by atoms with Crippen molar-refractivity contribution in [2.24, 2.45) is 0 Å². The Hall–Kier alpha value is -2.18. The Labute approximate surface area is 173 Å². The lowest BCUT2D eigenvalue weighted by atomic mass is 9.94. The van der Waals surface area contributed by atoms with E-state index < -0.39 is 0 Å². The molecule has 6 nitrogen and oxygen atoms in total. The van der Waals surface area contributed by atoms with Crippen molar-refractivity contribution in [1.29, 1.82) is 0 Å². The maximum Gasteiger partial charge on any atom is 0.340 e. The molecular formula is C20H20Cl2N2O4. The lowest BCUT2D eigenvalue weighted by Gasteiger charge is -2.26. The molecule has 0 fully saturated rings. The molecule has 28 heavy (non-hydrogen) atoms. The van der Waals surface area contributed by atoms with Crippen molar-refractivity contribution < 1.29 is 19.1 Å². The van der Waals surface area contributed by atoms with E-state index >= 15 is 0 Å². The number of halogens is 2. The first-order valence-corrected chi connectivity index (χ1v) is 9.69. The molecule has 2 aliphatic heterocycles. The van der Waals surface area contributed by atoms with Crippen molar-refractivity contribution in [3.63, 3.8) is 0 Å². The van der Waals surface area contributed by atoms with Crippen LogP contribution in [0, 0.1) is 0 Å². The number of rotatable bonds is 0. The Morgan fingerprint density at radius 2 is 1.07 bits per heavy atom. The Balaban J connectivity index is 0.000000161. The summed E-state index contributed by atoms with van der Waals surface area (Å²) < 4.78 is 10.3. The Bertz CT molecular complexity index is 859. The molecule has 0 aromatic carbocycles. The number of pyridine rings is 2. The minimum Gasteiger partial charge on any atom is -0.458 e. The molecule has 0 N–H and O–H groups in total. The van der Waals surface area contributed by atoms with E-state index in [9.17, 15) is 9.59 Å². The average molecular weight is 423 g/mol. The normalized spacial score (nSPS) is 25.5. The van der Waals surface area contributed by atoms with Gasteiger partial charge in [-0.15, -0.1) is 0 Å². The van der Waals surface area contributed by atoms with Crippen LogP contribution in [0.25, 0.3) is 0 Å². The third kappa shape index (κ3) is 3.98. The van der Waals surface area contributed by atoms with E-state index in [2.05, 4.69) is 9.97 Å². The van der Waals surface area contributed by atoms with Crippen LogP contribution >= 0.6 is 23.2 Å². The molecule has 0 bridgehead atoms. The van der Waals surface area contributed by atoms with E-state index in [1.807, 2.05) is 27.7 Å². The quantitative estimate of drug-likeness (QED) is 0.448. The monoisotopic (exact) mass is 422 g/mol. The summed E-state index contributed by atoms with van der Waals surface area (Å²) >= 11 is 11.5. The summed E-state index contributed by atoms with van der Waals surface area (Å²) in [5.41, 5.74) is 2.53. The smallest absolute Gasteiger partial charge is 0.340 e. The van der Waals surface area contributed by atoms with E-state index in [0.717, 1.165) is 11.4 Å². The fraction of sp³-hybridized carbons (Fsp3) is 0.400. The highest BCUT2D eigenvalue weighted by molar-refractivity contribution is 6.29. The summed E-state index contributed by atoms with van der Waals surface area (Å²) in [5, 5.41) is 0.829. The fourth-order valence-corrected chi connectivity index (χ4v) is 3.36. The molecule has 2 unspecified atom stereocenters. The first-order valence-electron chi connectivity index (χ1n) is 8.94. The lowest BCUT2D eigenvalue weighted by Crippen LogP contribution is -2.29. The van der Waals surface area contributed by atoms with Gasteiger partial charge < -0.3 is 9.47 Å². The number of nitrogens with zero attached hydrogens (tertiary/aromatic N) is 2. The van der Waals surface area contributed by atoms with E-state index in [0.29, 0.717) is 21.4 Å². The molecule has 0 amide bonds. The molecule has 0 aliphatic carbocycles. The van der Waals surface area contributed by atoms with Gasteiger partial charge in [0.2, 0.25) is 0 Å². The van der Waals surface area contributed by atoms with Crippen LogP contribution in [0.15, 0.2) is 24.3 Å². The van der Waals surface area contributed by atoms with E-state index in [4.69, 9.17) is 32.7 Å². The Kier molecular flexibility index (Phi) is 5.91. The zero-order valence-electron chi connectivity index (χ0n) is 15.9. The van der Waals surface area contributed by atoms with Gasteiger partial charge in [-0.1, -0.05) is 37.0 Å². The van der Waals surface area contributed by atoms with Crippen LogP contribution in [0.1, 0.15) is 71.6 Å². The van der Waals surface area contributed by atoms with Gasteiger partial charge in [-0.2, -0.15) is 0 Å². The lowest BCUT2D eigenvalue weighted by molar-refractivity contribution is 0.0225. The van der Waals surface area contributed by atoms with Gasteiger partial charge in [0.15, 0.2) is 0 Å². The van der Waals surface area contributed by atoms with Gasteiger partial charge in [-0.25, -0.2) is 19.6 Å². The third-order valence-corrected chi connectivity index (χ3v) is 5.50. The van der Waals surface area contributed by atoms with Gasteiger partial charge >= 0.3 is 11.9 Å². The molecule has 4 atom stereocenters.